The van der Waals surface area contributed by atoms with Gasteiger partial charge in [0.05, 0.1) is 65.1 Å². The molecule has 0 atom stereocenters. The van der Waals surface area contributed by atoms with Gasteiger partial charge in [0.1, 0.15) is 73.0 Å². The zero-order valence-corrected chi connectivity index (χ0v) is 72.8. The molecule has 10 rings (SSSR count). The minimum atomic E-state index is -5.26. The molecular weight excluding hydrogens is 1600 g/mol. The summed E-state index contributed by atoms with van der Waals surface area (Å²) in [6.45, 7) is 2.72. The van der Waals surface area contributed by atoms with E-state index in [1.54, 1.807) is 0 Å². The Morgan fingerprint density at radius 3 is 1.04 bits per heavy atom. The molecule has 0 aliphatic carbocycles. The summed E-state index contributed by atoms with van der Waals surface area (Å²) in [6.07, 6.45) is 2.12. The largest absolute Gasteiger partial charge is 1.00 e. The first kappa shape index (κ1) is 91.9. The molecule has 4 aromatic heterocycles. The molecule has 38 nitrogen and oxygen atoms in total. The summed E-state index contributed by atoms with van der Waals surface area (Å²) in [5.41, 5.74) is -4.30. The van der Waals surface area contributed by atoms with E-state index in [4.69, 9.17) is 23.2 Å². The number of halogens is 2. The minimum Gasteiger partial charge on any atom is -0.856 e. The van der Waals surface area contributed by atoms with E-state index in [0.717, 1.165) is 106 Å². The van der Waals surface area contributed by atoms with Gasteiger partial charge in [0.15, 0.2) is 0 Å². The quantitative estimate of drug-likeness (QED) is 0.0201. The van der Waals surface area contributed by atoms with Crippen LogP contribution in [-0.4, -0.2) is 127 Å². The van der Waals surface area contributed by atoms with Gasteiger partial charge in [-0.3, -0.25) is 19.1 Å². The summed E-state index contributed by atoms with van der Waals surface area (Å²) in [5, 5.41) is 47.9. The number of H-pyrrole nitrogens is 4. The third-order valence-electron chi connectivity index (χ3n) is 13.0. The van der Waals surface area contributed by atoms with Gasteiger partial charge in [0.2, 0.25) is 33.0 Å². The van der Waals surface area contributed by atoms with Crippen molar-refractivity contribution in [2.45, 2.75) is 43.2 Å². The molecule has 10 aromatic rings. The van der Waals surface area contributed by atoms with Gasteiger partial charge in [-0.15, -0.1) is 20.5 Å². The van der Waals surface area contributed by atoms with E-state index < -0.39 is 125 Å². The molecule has 0 saturated heterocycles. The number of aromatic nitrogens is 10. The van der Waals surface area contributed by atoms with Gasteiger partial charge >= 0.3 is 177 Å². The Labute approximate surface area is 729 Å². The van der Waals surface area contributed by atoms with E-state index in [1.165, 1.54) is 50.2 Å². The van der Waals surface area contributed by atoms with Gasteiger partial charge in [0.25, 0.3) is 20.2 Å². The fourth-order valence-electron chi connectivity index (χ4n) is 8.69. The number of benzene rings is 6. The van der Waals surface area contributed by atoms with Crippen LogP contribution in [0.5, 0.6) is 11.8 Å². The van der Waals surface area contributed by atoms with Crippen LogP contribution < -0.4 is 210 Å². The Hall–Kier alpha value is -4.46. The van der Waals surface area contributed by atoms with Gasteiger partial charge in [-0.05, 0) is 157 Å². The second-order valence-corrected chi connectivity index (χ2v) is 28.6. The van der Waals surface area contributed by atoms with Gasteiger partial charge < -0.3 is 38.4 Å². The normalized spacial score (nSPS) is 12.9. The summed E-state index contributed by atoms with van der Waals surface area (Å²) in [4.78, 5) is 30.8. The zero-order valence-electron chi connectivity index (χ0n) is 54.4. The van der Waals surface area contributed by atoms with Crippen LogP contribution in [0.1, 0.15) is 22.5 Å². The second kappa shape index (κ2) is 36.8. The number of nitrogens with zero attached hydrogens (tertiary/aromatic N) is 14. The molecule has 0 spiro atoms. The first-order valence-corrected chi connectivity index (χ1v) is 35.5. The smallest absolute Gasteiger partial charge is 0.856 e. The van der Waals surface area contributed by atoms with Gasteiger partial charge in [0, 0.05) is 11.8 Å². The number of hydrogen-bond acceptors (Lipinski definition) is 30. The average Bonchev–Trinajstić information content (AvgIpc) is 1.73. The van der Waals surface area contributed by atoms with Gasteiger partial charge in [-0.25, -0.2) is 63.0 Å². The molecule has 0 bridgehead atoms. The van der Waals surface area contributed by atoms with E-state index in [-0.39, 0.29) is 267 Å². The van der Waals surface area contributed by atoms with E-state index in [0.29, 0.717) is 0 Å². The van der Waals surface area contributed by atoms with Crippen molar-refractivity contribution in [2.24, 2.45) is 40.4 Å². The van der Waals surface area contributed by atoms with Crippen LogP contribution in [0.15, 0.2) is 191 Å². The van der Waals surface area contributed by atoms with Crippen molar-refractivity contribution >= 4 is 142 Å². The predicted octanol–water partition coefficient (Wildman–Crippen LogP) is -13.7. The summed E-state index contributed by atoms with van der Waals surface area (Å²) in [5.74, 6) is -1.97. The van der Waals surface area contributed by atoms with Crippen LogP contribution in [0.3, 0.4) is 0 Å². The molecule has 104 heavy (non-hydrogen) atoms. The standard InChI is InChI=1S/C52H40Cl2N18O20S6.6Na/c1-25-43(45(73)69-71(25)33-11-15-35(16-12-33)93(75,76)77)67-65-37-21-29(9-19-39(37)95(81,82)83)55-49-59-47(53)61-51(63-49)57-31-7-5-27(41(23-31)97(87,88)89)3-4-28-6-8-32(24-42(28)98(90,91)92)58-52-62-48(54)60-50(64-52)56-30-10-20-40(96(84,85)86)38(22-30)66-68-44-26(2)72(70-46(44)74)34-13-17-36(18-14-34)94(78,79)80;;;;;;/h3-24H,1-2H3,(H,69,73)(H,70,74)(H,75,76,77)(H,78,79,80)(H,81,82,83)(H,84,85,86)(H,87,88,89)(H,90,91,92)(H2,55,57,59,61,63)(H2,56,58,60,62,64);;;;;;/q;6*+1/p-6/b4-3+,67-65?,68-66?;;;;;;. The monoisotopic (exact) mass is 1630 g/mol. The van der Waals surface area contributed by atoms with Crippen molar-refractivity contribution in [1.82, 2.24) is 49.5 Å². The molecule has 6 N–H and O–H groups in total. The number of aromatic amines is 4. The molecule has 0 unspecified atom stereocenters. The molecule has 508 valence electrons. The Kier molecular flexibility index (Phi) is 32.6. The van der Waals surface area contributed by atoms with E-state index in [1.807, 2.05) is 0 Å². The van der Waals surface area contributed by atoms with Crippen LogP contribution in [0, 0.1) is 13.8 Å². The van der Waals surface area contributed by atoms with E-state index >= 15 is 0 Å². The first-order chi connectivity index (χ1) is 45.7. The van der Waals surface area contributed by atoms with Crippen molar-refractivity contribution in [2.75, 3.05) is 0 Å². The zero-order chi connectivity index (χ0) is 71.2. The Morgan fingerprint density at radius 2 is 0.731 bits per heavy atom. The van der Waals surface area contributed by atoms with Crippen LogP contribution in [0.25, 0.3) is 23.5 Å². The number of azo groups is 2. The molecule has 6 aromatic carbocycles. The van der Waals surface area contributed by atoms with Crippen molar-refractivity contribution in [3.8, 4) is 23.1 Å². The molecule has 0 aliphatic rings. The van der Waals surface area contributed by atoms with Gasteiger partial charge in [-0.2, -0.15) is 37.0 Å². The molecule has 0 fully saturated rings. The average molecular weight is 1630 g/mol. The third kappa shape index (κ3) is 23.1. The summed E-state index contributed by atoms with van der Waals surface area (Å²) in [6, 6.07) is 20.9. The first-order valence-electron chi connectivity index (χ1n) is 26.3. The summed E-state index contributed by atoms with van der Waals surface area (Å²) >= 11 is 12.5. The van der Waals surface area contributed by atoms with Crippen molar-refractivity contribution in [1.29, 1.82) is 0 Å². The number of rotatable bonds is 18. The number of nitrogens with one attached hydrogen (secondary N) is 4. The van der Waals surface area contributed by atoms with Crippen LogP contribution in [-0.2, 0) is 60.7 Å². The molecule has 4 heterocycles. The van der Waals surface area contributed by atoms with Crippen molar-refractivity contribution < 1.29 is 265 Å². The number of hydrogen-bond donors (Lipinski definition) is 6. The second-order valence-electron chi connectivity index (χ2n) is 19.6. The predicted molar refractivity (Wildman–Crippen MR) is 327 cm³/mol. The molecule has 0 aliphatic heterocycles. The van der Waals surface area contributed by atoms with E-state index in [9.17, 15) is 88.0 Å². The Morgan fingerprint density at radius 1 is 0.413 bits per heavy atom. The topological polar surface area (TPSA) is 607 Å². The van der Waals surface area contributed by atoms with E-state index in [2.05, 4.69) is 80.5 Å². The van der Waals surface area contributed by atoms with Crippen LogP contribution in [0.2, 0.25) is 10.6 Å². The molecular formula is C52H34Cl2N18Na6O20S6. The van der Waals surface area contributed by atoms with Crippen LogP contribution >= 0.6 is 23.2 Å². The SMILES string of the molecule is Cc1c(N=Nc2cc(N=c3nc(Cl)[nH]c(=Nc4ccc(/C=C/c5ccc(N=c6[nH]c(Cl)nc(=Nc7ccc(S(=O)(=O)[O-])c(N=Nc8c([O-])nn(-c9ccc(S(=O)(=O)[O-])cc9)c8C)c7)[nH]6)cc5S(=O)(=O)O)c(S(=O)(=O)O)c4)[nH]3)ccc2S(=O)(=O)[O-])c([O-])nn1-c1ccc(S(=O)(=O)[O-])cc1.[Na+].[Na+].[Na+].[Na+].[Na+].[Na+]. The Balaban J connectivity index is 0.00000382. The molecule has 52 heteroatoms. The summed E-state index contributed by atoms with van der Waals surface area (Å²) < 4.78 is 216. The summed E-state index contributed by atoms with van der Waals surface area (Å²) in [7, 11) is -30.4. The third-order valence-corrected chi connectivity index (χ3v) is 18.7. The fourth-order valence-corrected chi connectivity index (χ4v) is 12.6. The molecule has 0 amide bonds. The maximum Gasteiger partial charge on any atom is 1.00 e. The minimum absolute atomic E-state index is 0. The van der Waals surface area contributed by atoms with Crippen molar-refractivity contribution in [3.05, 3.63) is 177 Å². The molecule has 0 radical (unpaired) electrons. The van der Waals surface area contributed by atoms with Crippen molar-refractivity contribution in [3.63, 3.8) is 0 Å². The molecule has 0 saturated carbocycles. The van der Waals surface area contributed by atoms with Crippen LogP contribution in [0.4, 0.5) is 45.5 Å². The Bertz CT molecular complexity index is 5760. The maximum absolute atomic E-state index is 12.9. The fraction of sp³-hybridized carbons (Fsp3) is 0.0385. The maximum atomic E-state index is 12.9. The van der Waals surface area contributed by atoms with Gasteiger partial charge in [-0.1, -0.05) is 24.3 Å².